The number of carbonyl (C=O) groups excluding carboxylic acids is 3. The average Bonchev–Trinajstić information content (AvgIpc) is 3.84. The van der Waals surface area contributed by atoms with Crippen LogP contribution in [0.4, 0.5) is 17.1 Å². The average molecular weight is 785 g/mol. The molecule has 6 atom stereocenters. The van der Waals surface area contributed by atoms with Gasteiger partial charge in [0, 0.05) is 35.9 Å². The monoisotopic (exact) mass is 784 g/mol. The number of hydrogen-bond donors (Lipinski definition) is 4. The Hall–Kier alpha value is -4.11. The van der Waals surface area contributed by atoms with Crippen molar-refractivity contribution in [1.82, 2.24) is 10.2 Å². The number of aliphatic hydroxyl groups is 2. The van der Waals surface area contributed by atoms with Gasteiger partial charge in [0.15, 0.2) is 13.9 Å². The number of amides is 3. The summed E-state index contributed by atoms with van der Waals surface area (Å²) in [7, 11) is -3.08. The zero-order valence-electron chi connectivity index (χ0n) is 32.9. The van der Waals surface area contributed by atoms with E-state index in [2.05, 4.69) is 5.32 Å². The Labute approximate surface area is 330 Å². The minimum Gasteiger partial charge on any atom is -0.494 e. The zero-order chi connectivity index (χ0) is 39.8. The van der Waals surface area contributed by atoms with Gasteiger partial charge in [-0.25, -0.2) is 0 Å². The number of aliphatic hydroxyl groups excluding tert-OH is 2. The van der Waals surface area contributed by atoms with Gasteiger partial charge in [-0.2, -0.15) is 0 Å². The number of hydrogen-bond acceptors (Lipinski definition) is 9. The Kier molecular flexibility index (Phi) is 11.7. The van der Waals surface area contributed by atoms with Crippen LogP contribution in [0.1, 0.15) is 62.6 Å². The summed E-state index contributed by atoms with van der Waals surface area (Å²) in [6, 6.07) is 20.4. The first-order valence-electron chi connectivity index (χ1n) is 20.2. The second-order valence-corrected chi connectivity index (χ2v) is 20.2. The van der Waals surface area contributed by atoms with E-state index >= 15 is 4.79 Å². The van der Waals surface area contributed by atoms with Crippen LogP contribution in [0.3, 0.4) is 0 Å². The lowest BCUT2D eigenvalue weighted by atomic mass is 9.82. The lowest BCUT2D eigenvalue weighted by Crippen LogP contribution is -2.49. The molecule has 2 saturated heterocycles. The van der Waals surface area contributed by atoms with Crippen molar-refractivity contribution in [3.8, 4) is 5.75 Å². The van der Waals surface area contributed by atoms with E-state index in [-0.39, 0.29) is 49.9 Å². The number of likely N-dealkylation sites (tertiary alicyclic amines) is 1. The summed E-state index contributed by atoms with van der Waals surface area (Å²) in [6.07, 6.45) is 2.58. The molecule has 4 N–H and O–H groups in total. The van der Waals surface area contributed by atoms with Gasteiger partial charge in [-0.05, 0) is 106 Å². The number of rotatable bonds is 14. The predicted octanol–water partition coefficient (Wildman–Crippen LogP) is 4.75. The van der Waals surface area contributed by atoms with Crippen LogP contribution in [-0.2, 0) is 37.7 Å². The van der Waals surface area contributed by atoms with E-state index in [0.29, 0.717) is 55.2 Å². The fourth-order valence-corrected chi connectivity index (χ4v) is 12.2. The molecule has 0 saturated carbocycles. The molecule has 0 aromatic heterocycles. The molecule has 3 amide bonds. The van der Waals surface area contributed by atoms with Gasteiger partial charge in [0.1, 0.15) is 5.75 Å². The van der Waals surface area contributed by atoms with Crippen LogP contribution in [0.5, 0.6) is 5.75 Å². The normalized spacial score (nSPS) is 26.0. The fraction of sp³-hybridized carbons (Fsp3) is 0.512. The van der Waals surface area contributed by atoms with Gasteiger partial charge in [0.25, 0.3) is 5.91 Å². The first kappa shape index (κ1) is 40.1. The second-order valence-electron chi connectivity index (χ2n) is 16.2. The molecule has 12 nitrogen and oxygen atoms in total. The van der Waals surface area contributed by atoms with E-state index in [1.807, 2.05) is 93.7 Å². The highest BCUT2D eigenvalue weighted by atomic mass is 28.4. The molecule has 0 bridgehead atoms. The second kappa shape index (κ2) is 16.4. The van der Waals surface area contributed by atoms with Crippen LogP contribution in [0.2, 0.25) is 18.6 Å². The standard InChI is InChI=1S/C43H56N4O8Si/c1-5-54-33-16-18-36-30(22-33)23-35(44-19-9-10-21-48)41(51)47(36)31-15-17-37-34(24-31)43(42(52)46(37)26-29-12-7-6-8-13-29)28(2)40(56(3,4)53)38(55-43)25-39(50)45-20-11-14-32(45)27-49/h6-8,12-13,15-18,22,24,28,32,35,38,40,44,48-49,53H,5,9-11,14,19-21,23,25-27H2,1-4H3/t28-,32+,35?,38+,40-,43+/m1/s1. The number of nitrogens with zero attached hydrogens (tertiary/aromatic N) is 3. The highest BCUT2D eigenvalue weighted by molar-refractivity contribution is 6.71. The number of ether oxygens (including phenoxy) is 2. The molecule has 300 valence electrons. The minimum atomic E-state index is -3.08. The molecule has 3 aromatic rings. The highest BCUT2D eigenvalue weighted by Gasteiger charge is 2.66. The summed E-state index contributed by atoms with van der Waals surface area (Å²) < 4.78 is 12.9. The molecule has 4 aliphatic rings. The topological polar surface area (TPSA) is 152 Å². The Balaban J connectivity index is 1.33. The molecule has 2 fully saturated rings. The third-order valence-corrected chi connectivity index (χ3v) is 14.7. The number of fused-ring (bicyclic) bond motifs is 3. The first-order valence-corrected chi connectivity index (χ1v) is 23.2. The molecule has 56 heavy (non-hydrogen) atoms. The predicted molar refractivity (Wildman–Crippen MR) is 216 cm³/mol. The van der Waals surface area contributed by atoms with Crippen LogP contribution in [-0.4, -0.2) is 97.0 Å². The SMILES string of the molecule is CCOc1ccc2c(c1)CC(NCCCCO)C(=O)N2c1ccc2c(c1)[C@]1(O[C@@H](CC(=O)N3CCC[C@H]3CO)[C@H]([Si](C)(C)O)[C@H]1C)C(=O)N2Cc1ccccc1. The van der Waals surface area contributed by atoms with Crippen LogP contribution < -0.4 is 19.9 Å². The summed E-state index contributed by atoms with van der Waals surface area (Å²) in [5.74, 6) is -0.354. The Bertz CT molecular complexity index is 1920. The van der Waals surface area contributed by atoms with Crippen molar-refractivity contribution in [3.05, 3.63) is 83.4 Å². The van der Waals surface area contributed by atoms with E-state index in [0.717, 1.165) is 36.1 Å². The van der Waals surface area contributed by atoms with Crippen molar-refractivity contribution in [2.75, 3.05) is 42.7 Å². The third-order valence-electron chi connectivity index (χ3n) is 12.2. The van der Waals surface area contributed by atoms with Crippen molar-refractivity contribution in [2.45, 2.75) is 101 Å². The number of unbranched alkanes of at least 4 members (excludes halogenated alkanes) is 1. The summed E-state index contributed by atoms with van der Waals surface area (Å²) in [5, 5.41) is 22.8. The van der Waals surface area contributed by atoms with Crippen molar-refractivity contribution in [2.24, 2.45) is 5.92 Å². The van der Waals surface area contributed by atoms with Gasteiger partial charge >= 0.3 is 0 Å². The van der Waals surface area contributed by atoms with Crippen LogP contribution >= 0.6 is 0 Å². The van der Waals surface area contributed by atoms with E-state index in [9.17, 15) is 24.6 Å². The molecule has 13 heteroatoms. The largest absolute Gasteiger partial charge is 0.494 e. The highest BCUT2D eigenvalue weighted by Crippen LogP contribution is 2.60. The van der Waals surface area contributed by atoms with Crippen molar-refractivity contribution in [1.29, 1.82) is 0 Å². The molecular formula is C43H56N4O8Si. The number of carbonyl (C=O) groups is 3. The molecule has 0 aliphatic carbocycles. The molecular weight excluding hydrogens is 729 g/mol. The van der Waals surface area contributed by atoms with E-state index in [4.69, 9.17) is 9.47 Å². The van der Waals surface area contributed by atoms with Crippen molar-refractivity contribution >= 4 is 43.1 Å². The Morgan fingerprint density at radius 2 is 1.80 bits per heavy atom. The fourth-order valence-electron chi connectivity index (χ4n) is 9.69. The lowest BCUT2D eigenvalue weighted by molar-refractivity contribution is -0.150. The minimum absolute atomic E-state index is 0.0188. The maximum absolute atomic E-state index is 15.2. The van der Waals surface area contributed by atoms with E-state index in [1.54, 1.807) is 14.7 Å². The van der Waals surface area contributed by atoms with Gasteiger partial charge in [0.2, 0.25) is 11.8 Å². The van der Waals surface area contributed by atoms with E-state index < -0.39 is 37.5 Å². The van der Waals surface area contributed by atoms with Crippen LogP contribution in [0, 0.1) is 5.92 Å². The number of anilines is 3. The van der Waals surface area contributed by atoms with Gasteiger partial charge < -0.3 is 39.6 Å². The van der Waals surface area contributed by atoms with Crippen molar-refractivity contribution in [3.63, 3.8) is 0 Å². The first-order chi connectivity index (χ1) is 26.9. The summed E-state index contributed by atoms with van der Waals surface area (Å²) in [6.45, 7) is 9.43. The molecule has 1 unspecified atom stereocenters. The Morgan fingerprint density at radius 3 is 2.52 bits per heavy atom. The molecule has 7 rings (SSSR count). The van der Waals surface area contributed by atoms with Crippen LogP contribution in [0.15, 0.2) is 66.7 Å². The molecule has 3 aromatic carbocycles. The summed E-state index contributed by atoms with van der Waals surface area (Å²) in [5.41, 5.74) is 2.43. The van der Waals surface area contributed by atoms with Crippen LogP contribution in [0.25, 0.3) is 0 Å². The van der Waals surface area contributed by atoms with Gasteiger partial charge in [-0.3, -0.25) is 19.3 Å². The number of benzene rings is 3. The summed E-state index contributed by atoms with van der Waals surface area (Å²) >= 11 is 0. The zero-order valence-corrected chi connectivity index (χ0v) is 33.9. The molecule has 1 spiro atoms. The van der Waals surface area contributed by atoms with Gasteiger partial charge in [-0.1, -0.05) is 37.3 Å². The van der Waals surface area contributed by atoms with E-state index in [1.165, 1.54) is 0 Å². The maximum Gasteiger partial charge on any atom is 0.264 e. The third kappa shape index (κ3) is 7.29. The van der Waals surface area contributed by atoms with Gasteiger partial charge in [-0.15, -0.1) is 0 Å². The molecule has 0 radical (unpaired) electrons. The summed E-state index contributed by atoms with van der Waals surface area (Å²) in [4.78, 5) is 60.7. The quantitative estimate of drug-likeness (QED) is 0.134. The molecule has 4 heterocycles. The van der Waals surface area contributed by atoms with Gasteiger partial charge in [0.05, 0.1) is 55.7 Å². The maximum atomic E-state index is 15.2. The number of nitrogens with one attached hydrogen (secondary N) is 1. The van der Waals surface area contributed by atoms with Crippen molar-refractivity contribution < 1.29 is 38.9 Å². The lowest BCUT2D eigenvalue weighted by Gasteiger charge is -2.36. The smallest absolute Gasteiger partial charge is 0.264 e. The Morgan fingerprint density at radius 1 is 1.04 bits per heavy atom. The molecule has 4 aliphatic heterocycles.